The first-order chi connectivity index (χ1) is 10.5. The molecule has 2 aliphatic rings. The first kappa shape index (κ1) is 18.1. The van der Waals surface area contributed by atoms with E-state index in [9.17, 15) is 4.79 Å². The van der Waals surface area contributed by atoms with Crippen molar-refractivity contribution in [2.45, 2.75) is 33.1 Å². The van der Waals surface area contributed by atoms with E-state index in [1.165, 1.54) is 6.42 Å². The molecule has 0 unspecified atom stereocenters. The third-order valence-electron chi connectivity index (χ3n) is 5.29. The summed E-state index contributed by atoms with van der Waals surface area (Å²) in [5.41, 5.74) is 2.23. The Labute approximate surface area is 144 Å². The molecule has 0 aromatic carbocycles. The van der Waals surface area contributed by atoms with Gasteiger partial charge in [0, 0.05) is 26.7 Å². The summed E-state index contributed by atoms with van der Waals surface area (Å²) in [6.07, 6.45) is 3.47. The molecule has 1 aromatic rings. The van der Waals surface area contributed by atoms with Crippen LogP contribution < -0.4 is 10.1 Å². The molecule has 0 bridgehead atoms. The van der Waals surface area contributed by atoms with Gasteiger partial charge in [0.2, 0.25) is 0 Å². The molecule has 1 spiro atoms. The lowest BCUT2D eigenvalue weighted by atomic mass is 9.78. The minimum absolute atomic E-state index is 0. The summed E-state index contributed by atoms with van der Waals surface area (Å²) in [6, 6.07) is 0. The van der Waals surface area contributed by atoms with Gasteiger partial charge in [0.15, 0.2) is 12.4 Å². The summed E-state index contributed by atoms with van der Waals surface area (Å²) in [5.74, 6) is 0.827. The molecule has 0 radical (unpaired) electrons. The quantitative estimate of drug-likeness (QED) is 0.903. The average molecular weight is 343 g/mol. The Balaban J connectivity index is 0.00000192. The van der Waals surface area contributed by atoms with E-state index in [4.69, 9.17) is 4.74 Å². The summed E-state index contributed by atoms with van der Waals surface area (Å²) in [7, 11) is 1.89. The average Bonchev–Trinajstić information content (AvgIpc) is 3.04. The highest BCUT2D eigenvalue weighted by Gasteiger charge is 2.38. The second kappa shape index (κ2) is 7.09. The SMILES string of the molecule is Cc1nn(C)c(C)c1OCC(=O)N1CCC2(CCNC2)CC1.Cl. The Morgan fingerprint density at radius 1 is 1.30 bits per heavy atom. The largest absolute Gasteiger partial charge is 0.480 e. The lowest BCUT2D eigenvalue weighted by molar-refractivity contribution is -0.135. The maximum atomic E-state index is 12.4. The topological polar surface area (TPSA) is 59.4 Å². The third kappa shape index (κ3) is 3.63. The number of halogens is 1. The number of rotatable bonds is 3. The van der Waals surface area contributed by atoms with Crippen molar-refractivity contribution in [3.05, 3.63) is 11.4 Å². The van der Waals surface area contributed by atoms with E-state index >= 15 is 0 Å². The van der Waals surface area contributed by atoms with Gasteiger partial charge < -0.3 is 15.0 Å². The number of hydrogen-bond donors (Lipinski definition) is 1. The molecule has 6 nitrogen and oxygen atoms in total. The second-order valence-electron chi connectivity index (χ2n) is 6.72. The molecule has 2 fully saturated rings. The van der Waals surface area contributed by atoms with Crippen LogP contribution in [0.1, 0.15) is 30.7 Å². The van der Waals surface area contributed by atoms with Gasteiger partial charge >= 0.3 is 0 Å². The summed E-state index contributed by atoms with van der Waals surface area (Å²) >= 11 is 0. The van der Waals surface area contributed by atoms with Crippen molar-refractivity contribution < 1.29 is 9.53 Å². The maximum absolute atomic E-state index is 12.4. The number of nitrogens with zero attached hydrogens (tertiary/aromatic N) is 3. The molecule has 7 heteroatoms. The molecule has 1 aromatic heterocycles. The van der Waals surface area contributed by atoms with E-state index in [1.54, 1.807) is 4.68 Å². The predicted molar refractivity (Wildman–Crippen MR) is 91.2 cm³/mol. The highest BCUT2D eigenvalue weighted by Crippen LogP contribution is 2.36. The van der Waals surface area contributed by atoms with Crippen LogP contribution in [0.5, 0.6) is 5.75 Å². The van der Waals surface area contributed by atoms with E-state index in [1.807, 2.05) is 25.8 Å². The molecule has 3 rings (SSSR count). The highest BCUT2D eigenvalue weighted by molar-refractivity contribution is 5.85. The number of aryl methyl sites for hydroxylation is 2. The number of likely N-dealkylation sites (tertiary alicyclic amines) is 1. The van der Waals surface area contributed by atoms with Crippen molar-refractivity contribution >= 4 is 18.3 Å². The van der Waals surface area contributed by atoms with Gasteiger partial charge in [-0.2, -0.15) is 5.10 Å². The molecule has 130 valence electrons. The Hall–Kier alpha value is -1.27. The summed E-state index contributed by atoms with van der Waals surface area (Å²) in [6.45, 7) is 7.92. The minimum atomic E-state index is 0. The number of piperidine rings is 1. The van der Waals surface area contributed by atoms with Crippen LogP contribution in [0.4, 0.5) is 0 Å². The van der Waals surface area contributed by atoms with Gasteiger partial charge in [-0.1, -0.05) is 0 Å². The molecule has 1 N–H and O–H groups in total. The van der Waals surface area contributed by atoms with Crippen LogP contribution >= 0.6 is 12.4 Å². The molecule has 1 amide bonds. The molecular weight excluding hydrogens is 316 g/mol. The van der Waals surface area contributed by atoms with Gasteiger partial charge in [0.05, 0.1) is 5.69 Å². The molecule has 0 atom stereocenters. The van der Waals surface area contributed by atoms with Crippen molar-refractivity contribution in [2.24, 2.45) is 12.5 Å². The van der Waals surface area contributed by atoms with Crippen LogP contribution in [0.2, 0.25) is 0 Å². The van der Waals surface area contributed by atoms with Crippen molar-refractivity contribution in [2.75, 3.05) is 32.8 Å². The standard InChI is InChI=1S/C16H26N4O2.ClH/c1-12-15(13(2)19(3)18-12)22-10-14(21)20-8-5-16(6-9-20)4-7-17-11-16;/h17H,4-11H2,1-3H3;1H. The number of nitrogens with one attached hydrogen (secondary N) is 1. The number of carbonyl (C=O) groups excluding carboxylic acids is 1. The number of hydrogen-bond acceptors (Lipinski definition) is 4. The minimum Gasteiger partial charge on any atom is -0.480 e. The van der Waals surface area contributed by atoms with E-state index in [0.717, 1.165) is 56.2 Å². The smallest absolute Gasteiger partial charge is 0.260 e. The summed E-state index contributed by atoms with van der Waals surface area (Å²) in [5, 5.41) is 7.76. The van der Waals surface area contributed by atoms with Crippen molar-refractivity contribution in [3.8, 4) is 5.75 Å². The summed E-state index contributed by atoms with van der Waals surface area (Å²) in [4.78, 5) is 14.3. The number of carbonyl (C=O) groups is 1. The van der Waals surface area contributed by atoms with Gasteiger partial charge in [-0.15, -0.1) is 12.4 Å². The predicted octanol–water partition coefficient (Wildman–Crippen LogP) is 1.44. The molecule has 3 heterocycles. The zero-order valence-corrected chi connectivity index (χ0v) is 15.0. The van der Waals surface area contributed by atoms with Gasteiger partial charge in [0.1, 0.15) is 5.69 Å². The molecular formula is C16H27ClN4O2. The zero-order valence-electron chi connectivity index (χ0n) is 14.2. The Kier molecular flexibility index (Phi) is 5.57. The molecule has 2 aliphatic heterocycles. The fourth-order valence-corrected chi connectivity index (χ4v) is 3.64. The third-order valence-corrected chi connectivity index (χ3v) is 5.29. The van der Waals surface area contributed by atoms with Crippen LogP contribution in [0.25, 0.3) is 0 Å². The van der Waals surface area contributed by atoms with Crippen LogP contribution in [0.3, 0.4) is 0 Å². The van der Waals surface area contributed by atoms with E-state index < -0.39 is 0 Å². The fourth-order valence-electron chi connectivity index (χ4n) is 3.64. The number of amides is 1. The van der Waals surface area contributed by atoms with Crippen molar-refractivity contribution in [1.82, 2.24) is 20.0 Å². The number of ether oxygens (including phenoxy) is 1. The van der Waals surface area contributed by atoms with E-state index in [0.29, 0.717) is 5.41 Å². The van der Waals surface area contributed by atoms with E-state index in [2.05, 4.69) is 10.4 Å². The first-order valence-corrected chi connectivity index (χ1v) is 8.12. The van der Waals surface area contributed by atoms with E-state index in [-0.39, 0.29) is 24.9 Å². The Morgan fingerprint density at radius 3 is 2.52 bits per heavy atom. The first-order valence-electron chi connectivity index (χ1n) is 8.12. The molecule has 2 saturated heterocycles. The molecule has 0 saturated carbocycles. The maximum Gasteiger partial charge on any atom is 0.260 e. The molecule has 23 heavy (non-hydrogen) atoms. The molecule has 0 aliphatic carbocycles. The van der Waals surface area contributed by atoms with Crippen LogP contribution in [0, 0.1) is 19.3 Å². The highest BCUT2D eigenvalue weighted by atomic mass is 35.5. The lowest BCUT2D eigenvalue weighted by Gasteiger charge is -2.38. The Morgan fingerprint density at radius 2 is 2.00 bits per heavy atom. The van der Waals surface area contributed by atoms with Crippen molar-refractivity contribution in [3.63, 3.8) is 0 Å². The number of aromatic nitrogens is 2. The normalized spacial score (nSPS) is 19.7. The van der Waals surface area contributed by atoms with Crippen LogP contribution in [0.15, 0.2) is 0 Å². The summed E-state index contributed by atoms with van der Waals surface area (Å²) < 4.78 is 7.52. The van der Waals surface area contributed by atoms with Gasteiger partial charge in [0.25, 0.3) is 5.91 Å². The van der Waals surface area contributed by atoms with Gasteiger partial charge in [-0.25, -0.2) is 0 Å². The monoisotopic (exact) mass is 342 g/mol. The van der Waals surface area contributed by atoms with Gasteiger partial charge in [-0.05, 0) is 45.1 Å². The van der Waals surface area contributed by atoms with Crippen LogP contribution in [-0.2, 0) is 11.8 Å². The zero-order chi connectivity index (χ0) is 15.7. The lowest BCUT2D eigenvalue weighted by Crippen LogP contribution is -2.45. The Bertz CT molecular complexity index is 557. The second-order valence-corrected chi connectivity index (χ2v) is 6.72. The van der Waals surface area contributed by atoms with Crippen LogP contribution in [-0.4, -0.2) is 53.4 Å². The van der Waals surface area contributed by atoms with Gasteiger partial charge in [-0.3, -0.25) is 9.48 Å². The fraction of sp³-hybridized carbons (Fsp3) is 0.750. The van der Waals surface area contributed by atoms with Crippen molar-refractivity contribution in [1.29, 1.82) is 0 Å².